The molecule has 5 nitrogen and oxygen atoms in total. The quantitative estimate of drug-likeness (QED) is 0.767. The number of carbonyl (C=O) groups is 1. The highest BCUT2D eigenvalue weighted by atomic mass is 32.1. The van der Waals surface area contributed by atoms with Crippen molar-refractivity contribution in [3.63, 3.8) is 0 Å². The number of benzene rings is 1. The second-order valence-electron chi connectivity index (χ2n) is 3.32. The van der Waals surface area contributed by atoms with Crippen LogP contribution in [0.4, 0.5) is 5.69 Å². The van der Waals surface area contributed by atoms with Crippen LogP contribution >= 0.6 is 12.6 Å². The van der Waals surface area contributed by atoms with E-state index < -0.39 is 5.76 Å². The molecule has 0 fully saturated rings. The third-order valence-electron chi connectivity index (χ3n) is 2.22. The molecule has 0 atom stereocenters. The minimum atomic E-state index is -0.423. The minimum Gasteiger partial charge on any atom is -0.408 e. The lowest BCUT2D eigenvalue weighted by atomic mass is 10.3. The van der Waals surface area contributed by atoms with Gasteiger partial charge in [0.1, 0.15) is 0 Å². The number of oxazole rings is 1. The normalized spacial score (nSPS) is 10.6. The molecule has 1 aromatic carbocycles. The lowest BCUT2D eigenvalue weighted by Crippen LogP contribution is -2.12. The maximum absolute atomic E-state index is 11.2. The van der Waals surface area contributed by atoms with E-state index in [4.69, 9.17) is 4.42 Å². The molecule has 0 radical (unpaired) electrons. The Morgan fingerprint density at radius 2 is 2.31 bits per heavy atom. The summed E-state index contributed by atoms with van der Waals surface area (Å²) in [6.45, 7) is 0. The molecule has 0 saturated carbocycles. The molecule has 0 unspecified atom stereocenters. The zero-order chi connectivity index (χ0) is 11.7. The first-order valence-electron chi connectivity index (χ1n) is 4.62. The first kappa shape index (κ1) is 10.8. The van der Waals surface area contributed by atoms with Crippen molar-refractivity contribution in [3.05, 3.63) is 28.7 Å². The number of thiol groups is 1. The number of anilines is 1. The highest BCUT2D eigenvalue weighted by molar-refractivity contribution is 7.81. The summed E-state index contributed by atoms with van der Waals surface area (Å²) in [6.07, 6.45) is 0. The van der Waals surface area contributed by atoms with Crippen LogP contribution in [0.25, 0.3) is 11.1 Å². The lowest BCUT2D eigenvalue weighted by Gasteiger charge is -2.02. The number of rotatable bonds is 2. The van der Waals surface area contributed by atoms with E-state index in [1.165, 1.54) is 4.57 Å². The van der Waals surface area contributed by atoms with Gasteiger partial charge in [0.05, 0.1) is 11.3 Å². The van der Waals surface area contributed by atoms with Crippen molar-refractivity contribution in [2.45, 2.75) is 0 Å². The van der Waals surface area contributed by atoms with E-state index >= 15 is 0 Å². The van der Waals surface area contributed by atoms with Crippen LogP contribution in [0, 0.1) is 0 Å². The number of nitrogens with zero attached hydrogens (tertiary/aromatic N) is 1. The first-order valence-corrected chi connectivity index (χ1v) is 5.25. The predicted octanol–water partition coefficient (Wildman–Crippen LogP) is 1.000. The summed E-state index contributed by atoms with van der Waals surface area (Å²) in [5.41, 5.74) is 1.75. The van der Waals surface area contributed by atoms with Gasteiger partial charge in [0.2, 0.25) is 5.91 Å². The summed E-state index contributed by atoms with van der Waals surface area (Å²) in [5, 5.41) is 2.65. The van der Waals surface area contributed by atoms with Crippen LogP contribution in [0.3, 0.4) is 0 Å². The second kappa shape index (κ2) is 4.05. The second-order valence-corrected chi connectivity index (χ2v) is 3.63. The molecule has 2 rings (SSSR count). The fraction of sp³-hybridized carbons (Fsp3) is 0.200. The summed E-state index contributed by atoms with van der Waals surface area (Å²) in [7, 11) is 1.61. The van der Waals surface area contributed by atoms with Gasteiger partial charge < -0.3 is 9.73 Å². The van der Waals surface area contributed by atoms with E-state index in [1.54, 1.807) is 25.2 Å². The number of aryl methyl sites for hydroxylation is 1. The molecule has 1 amide bonds. The summed E-state index contributed by atoms with van der Waals surface area (Å²) in [4.78, 5) is 22.4. The van der Waals surface area contributed by atoms with E-state index in [0.29, 0.717) is 16.8 Å². The molecule has 1 heterocycles. The smallest absolute Gasteiger partial charge is 0.408 e. The molecular formula is C10H10N2O3S. The van der Waals surface area contributed by atoms with Gasteiger partial charge in [0.15, 0.2) is 5.58 Å². The zero-order valence-corrected chi connectivity index (χ0v) is 9.45. The SMILES string of the molecule is Cn1c(=O)oc2ccc(NC(=O)CS)cc21. The average Bonchev–Trinajstić information content (AvgIpc) is 2.55. The third kappa shape index (κ3) is 1.83. The molecule has 1 aromatic heterocycles. The average molecular weight is 238 g/mol. The highest BCUT2D eigenvalue weighted by Crippen LogP contribution is 2.17. The van der Waals surface area contributed by atoms with Gasteiger partial charge in [-0.25, -0.2) is 4.79 Å². The van der Waals surface area contributed by atoms with Crippen LogP contribution in [0.5, 0.6) is 0 Å². The Morgan fingerprint density at radius 3 is 3.00 bits per heavy atom. The molecule has 0 spiro atoms. The van der Waals surface area contributed by atoms with Gasteiger partial charge in [-0.1, -0.05) is 0 Å². The molecule has 1 N–H and O–H groups in total. The van der Waals surface area contributed by atoms with Crippen LogP contribution in [-0.4, -0.2) is 16.2 Å². The van der Waals surface area contributed by atoms with E-state index in [1.807, 2.05) is 0 Å². The highest BCUT2D eigenvalue weighted by Gasteiger charge is 2.07. The molecule has 2 aromatic rings. The number of carbonyl (C=O) groups excluding carboxylic acids is 1. The Morgan fingerprint density at radius 1 is 1.56 bits per heavy atom. The van der Waals surface area contributed by atoms with Crippen molar-refractivity contribution in [1.29, 1.82) is 0 Å². The standard InChI is InChI=1S/C10H10N2O3S/c1-12-7-4-6(11-9(13)5-16)2-3-8(7)15-10(12)14/h2-4,16H,5H2,1H3,(H,11,13). The summed E-state index contributed by atoms with van der Waals surface area (Å²) in [6, 6.07) is 5.00. The maximum atomic E-state index is 11.2. The van der Waals surface area contributed by atoms with Crippen molar-refractivity contribution in [2.24, 2.45) is 7.05 Å². The number of nitrogens with one attached hydrogen (secondary N) is 1. The van der Waals surface area contributed by atoms with E-state index in [-0.39, 0.29) is 11.7 Å². The van der Waals surface area contributed by atoms with Crippen LogP contribution < -0.4 is 11.1 Å². The Kier molecular flexibility index (Phi) is 2.74. The van der Waals surface area contributed by atoms with Crippen molar-refractivity contribution in [2.75, 3.05) is 11.1 Å². The predicted molar refractivity (Wildman–Crippen MR) is 63.9 cm³/mol. The monoisotopic (exact) mass is 238 g/mol. The molecule has 16 heavy (non-hydrogen) atoms. The number of hydrogen-bond donors (Lipinski definition) is 2. The zero-order valence-electron chi connectivity index (χ0n) is 8.56. The van der Waals surface area contributed by atoms with E-state index in [0.717, 1.165) is 0 Å². The van der Waals surface area contributed by atoms with Gasteiger partial charge in [0.25, 0.3) is 0 Å². The van der Waals surface area contributed by atoms with Gasteiger partial charge in [-0.3, -0.25) is 9.36 Å². The Bertz CT molecular complexity index is 600. The third-order valence-corrected chi connectivity index (χ3v) is 2.51. The number of amides is 1. The number of hydrogen-bond acceptors (Lipinski definition) is 4. The van der Waals surface area contributed by atoms with Gasteiger partial charge in [-0.05, 0) is 18.2 Å². The van der Waals surface area contributed by atoms with Gasteiger partial charge in [-0.15, -0.1) is 0 Å². The fourth-order valence-corrected chi connectivity index (χ4v) is 1.48. The summed E-state index contributed by atoms with van der Waals surface area (Å²) >= 11 is 3.86. The molecular weight excluding hydrogens is 228 g/mol. The number of fused-ring (bicyclic) bond motifs is 1. The molecule has 6 heteroatoms. The Balaban J connectivity index is 2.47. The fourth-order valence-electron chi connectivity index (χ4n) is 1.40. The van der Waals surface area contributed by atoms with Crippen LogP contribution in [0.15, 0.2) is 27.4 Å². The molecule has 0 aliphatic heterocycles. The maximum Gasteiger partial charge on any atom is 0.419 e. The summed E-state index contributed by atoms with van der Waals surface area (Å²) in [5.74, 6) is -0.508. The summed E-state index contributed by atoms with van der Waals surface area (Å²) < 4.78 is 6.35. The molecule has 0 bridgehead atoms. The van der Waals surface area contributed by atoms with Gasteiger partial charge in [0, 0.05) is 12.7 Å². The van der Waals surface area contributed by atoms with Crippen molar-refractivity contribution >= 4 is 35.3 Å². The van der Waals surface area contributed by atoms with Crippen molar-refractivity contribution < 1.29 is 9.21 Å². The molecule has 0 aliphatic carbocycles. The molecule has 0 aliphatic rings. The molecule has 84 valence electrons. The van der Waals surface area contributed by atoms with E-state index in [9.17, 15) is 9.59 Å². The van der Waals surface area contributed by atoms with E-state index in [2.05, 4.69) is 17.9 Å². The topological polar surface area (TPSA) is 64.2 Å². The van der Waals surface area contributed by atoms with Crippen LogP contribution in [0.1, 0.15) is 0 Å². The Hall–Kier alpha value is -1.69. The van der Waals surface area contributed by atoms with Gasteiger partial charge >= 0.3 is 5.76 Å². The Labute approximate surface area is 96.5 Å². The lowest BCUT2D eigenvalue weighted by molar-refractivity contribution is -0.113. The van der Waals surface area contributed by atoms with Crippen molar-refractivity contribution in [3.8, 4) is 0 Å². The molecule has 0 saturated heterocycles. The van der Waals surface area contributed by atoms with Crippen molar-refractivity contribution in [1.82, 2.24) is 4.57 Å². The first-order chi connectivity index (χ1) is 7.61. The minimum absolute atomic E-state index is 0.113. The van der Waals surface area contributed by atoms with Gasteiger partial charge in [-0.2, -0.15) is 12.6 Å². The number of aromatic nitrogens is 1. The van der Waals surface area contributed by atoms with Crippen LogP contribution in [0.2, 0.25) is 0 Å². The largest absolute Gasteiger partial charge is 0.419 e. The van der Waals surface area contributed by atoms with Crippen LogP contribution in [-0.2, 0) is 11.8 Å².